The fourth-order valence-corrected chi connectivity index (χ4v) is 2.41. The van der Waals surface area contributed by atoms with Crippen LogP contribution in [-0.2, 0) is 0 Å². The first kappa shape index (κ1) is 19.0. The first-order valence-corrected chi connectivity index (χ1v) is 8.44. The van der Waals surface area contributed by atoms with E-state index in [1.807, 2.05) is 14.1 Å². The van der Waals surface area contributed by atoms with Gasteiger partial charge in [-0.05, 0) is 63.5 Å². The molecule has 2 N–H and O–H groups in total. The van der Waals surface area contributed by atoms with E-state index in [0.717, 1.165) is 13.0 Å². The summed E-state index contributed by atoms with van der Waals surface area (Å²) in [6.07, 6.45) is 0.886. The Morgan fingerprint density at radius 2 is 1.56 bits per heavy atom. The molecular formula is C19H22ClN3O2. The summed E-state index contributed by atoms with van der Waals surface area (Å²) in [7, 11) is 3.99. The van der Waals surface area contributed by atoms with Crippen molar-refractivity contribution in [2.45, 2.75) is 6.42 Å². The van der Waals surface area contributed by atoms with Crippen molar-refractivity contribution in [1.82, 2.24) is 10.2 Å². The quantitative estimate of drug-likeness (QED) is 0.746. The molecule has 2 rings (SSSR count). The van der Waals surface area contributed by atoms with Gasteiger partial charge < -0.3 is 15.5 Å². The summed E-state index contributed by atoms with van der Waals surface area (Å²) in [5.74, 6) is -0.414. The molecule has 0 spiro atoms. The minimum absolute atomic E-state index is 0.142. The maximum Gasteiger partial charge on any atom is 0.255 e. The molecule has 0 atom stereocenters. The van der Waals surface area contributed by atoms with Gasteiger partial charge in [-0.3, -0.25) is 9.59 Å². The molecule has 2 aromatic rings. The van der Waals surface area contributed by atoms with Gasteiger partial charge in [0.05, 0.1) is 10.7 Å². The first-order valence-electron chi connectivity index (χ1n) is 8.06. The second-order valence-corrected chi connectivity index (χ2v) is 6.33. The zero-order chi connectivity index (χ0) is 18.2. The van der Waals surface area contributed by atoms with Crippen molar-refractivity contribution in [2.75, 3.05) is 32.5 Å². The molecule has 0 fully saturated rings. The van der Waals surface area contributed by atoms with Crippen molar-refractivity contribution < 1.29 is 9.59 Å². The summed E-state index contributed by atoms with van der Waals surface area (Å²) in [4.78, 5) is 26.4. The molecule has 0 heterocycles. The van der Waals surface area contributed by atoms with E-state index >= 15 is 0 Å². The lowest BCUT2D eigenvalue weighted by atomic mass is 10.1. The molecule has 132 valence electrons. The number of carbonyl (C=O) groups excluding carboxylic acids is 2. The Kier molecular flexibility index (Phi) is 6.98. The zero-order valence-electron chi connectivity index (χ0n) is 14.4. The SMILES string of the molecule is CN(C)CCCNC(=O)c1ccc(C(=O)Nc2ccccc2Cl)cc1. The molecule has 0 saturated heterocycles. The summed E-state index contributed by atoms with van der Waals surface area (Å²) in [5, 5.41) is 6.09. The average molecular weight is 360 g/mol. The minimum atomic E-state index is -0.272. The maximum absolute atomic E-state index is 12.2. The van der Waals surface area contributed by atoms with E-state index in [0.29, 0.717) is 28.4 Å². The van der Waals surface area contributed by atoms with E-state index in [2.05, 4.69) is 15.5 Å². The third kappa shape index (κ3) is 5.89. The highest BCUT2D eigenvalue weighted by molar-refractivity contribution is 6.33. The maximum atomic E-state index is 12.2. The summed E-state index contributed by atoms with van der Waals surface area (Å²) in [6.45, 7) is 1.53. The highest BCUT2D eigenvalue weighted by atomic mass is 35.5. The van der Waals surface area contributed by atoms with Crippen molar-refractivity contribution in [3.63, 3.8) is 0 Å². The zero-order valence-corrected chi connectivity index (χ0v) is 15.1. The monoisotopic (exact) mass is 359 g/mol. The normalized spacial score (nSPS) is 10.6. The van der Waals surface area contributed by atoms with Crippen LogP contribution < -0.4 is 10.6 Å². The van der Waals surface area contributed by atoms with Gasteiger partial charge in [0.15, 0.2) is 0 Å². The van der Waals surface area contributed by atoms with Crippen LogP contribution in [0.3, 0.4) is 0 Å². The van der Waals surface area contributed by atoms with Gasteiger partial charge in [-0.15, -0.1) is 0 Å². The molecule has 0 radical (unpaired) electrons. The number of hydrogen-bond acceptors (Lipinski definition) is 3. The predicted octanol–water partition coefficient (Wildman–Crippen LogP) is 3.27. The summed E-state index contributed by atoms with van der Waals surface area (Å²) in [5.41, 5.74) is 1.54. The highest BCUT2D eigenvalue weighted by Crippen LogP contribution is 2.21. The predicted molar refractivity (Wildman–Crippen MR) is 101 cm³/mol. The summed E-state index contributed by atoms with van der Waals surface area (Å²) >= 11 is 6.03. The van der Waals surface area contributed by atoms with Gasteiger partial charge in [0.25, 0.3) is 11.8 Å². The van der Waals surface area contributed by atoms with Crippen molar-refractivity contribution in [1.29, 1.82) is 0 Å². The van der Waals surface area contributed by atoms with Gasteiger partial charge in [-0.25, -0.2) is 0 Å². The van der Waals surface area contributed by atoms with E-state index in [1.165, 1.54) is 0 Å². The Morgan fingerprint density at radius 1 is 0.960 bits per heavy atom. The highest BCUT2D eigenvalue weighted by Gasteiger charge is 2.10. The van der Waals surface area contributed by atoms with Crippen molar-refractivity contribution in [3.05, 3.63) is 64.7 Å². The standard InChI is InChI=1S/C19H22ClN3O2/c1-23(2)13-5-12-21-18(24)14-8-10-15(11-9-14)19(25)22-17-7-4-3-6-16(17)20/h3-4,6-11H,5,12-13H2,1-2H3,(H,21,24)(H,22,25). The second-order valence-electron chi connectivity index (χ2n) is 5.92. The lowest BCUT2D eigenvalue weighted by Crippen LogP contribution is -2.27. The van der Waals surface area contributed by atoms with E-state index < -0.39 is 0 Å². The summed E-state index contributed by atoms with van der Waals surface area (Å²) < 4.78 is 0. The van der Waals surface area contributed by atoms with Crippen LogP contribution in [0.15, 0.2) is 48.5 Å². The first-order chi connectivity index (χ1) is 12.0. The van der Waals surface area contributed by atoms with Crippen LogP contribution in [0.25, 0.3) is 0 Å². The number of para-hydroxylation sites is 1. The number of anilines is 1. The molecule has 25 heavy (non-hydrogen) atoms. The van der Waals surface area contributed by atoms with E-state index in [1.54, 1.807) is 48.5 Å². The number of benzene rings is 2. The van der Waals surface area contributed by atoms with E-state index in [4.69, 9.17) is 11.6 Å². The van der Waals surface area contributed by atoms with E-state index in [-0.39, 0.29) is 11.8 Å². The molecule has 2 amide bonds. The number of amides is 2. The number of hydrogen-bond donors (Lipinski definition) is 2. The van der Waals surface area contributed by atoms with Crippen molar-refractivity contribution in [2.24, 2.45) is 0 Å². The lowest BCUT2D eigenvalue weighted by Gasteiger charge is -2.10. The largest absolute Gasteiger partial charge is 0.352 e. The molecule has 0 aliphatic heterocycles. The van der Waals surface area contributed by atoms with Crippen LogP contribution in [0.5, 0.6) is 0 Å². The molecule has 0 aromatic heterocycles. The number of nitrogens with one attached hydrogen (secondary N) is 2. The van der Waals surface area contributed by atoms with Gasteiger partial charge >= 0.3 is 0 Å². The Hall–Kier alpha value is -2.37. The second kappa shape index (κ2) is 9.20. The molecular weight excluding hydrogens is 338 g/mol. The lowest BCUT2D eigenvalue weighted by molar-refractivity contribution is 0.0950. The molecule has 0 aliphatic carbocycles. The van der Waals surface area contributed by atoms with Crippen LogP contribution >= 0.6 is 11.6 Å². The third-order valence-corrected chi connectivity index (χ3v) is 3.93. The van der Waals surface area contributed by atoms with Crippen LogP contribution in [0.4, 0.5) is 5.69 Å². The van der Waals surface area contributed by atoms with Gasteiger partial charge in [-0.2, -0.15) is 0 Å². The molecule has 2 aromatic carbocycles. The number of nitrogens with zero attached hydrogens (tertiary/aromatic N) is 1. The molecule has 5 nitrogen and oxygen atoms in total. The minimum Gasteiger partial charge on any atom is -0.352 e. The Bertz CT molecular complexity index is 730. The Balaban J connectivity index is 1.91. The Labute approximate surface area is 153 Å². The van der Waals surface area contributed by atoms with Crippen LogP contribution in [-0.4, -0.2) is 43.9 Å². The van der Waals surface area contributed by atoms with E-state index in [9.17, 15) is 9.59 Å². The number of rotatable bonds is 7. The molecule has 0 unspecified atom stereocenters. The van der Waals surface area contributed by atoms with Crippen LogP contribution in [0.1, 0.15) is 27.1 Å². The topological polar surface area (TPSA) is 61.4 Å². The van der Waals surface area contributed by atoms with Crippen molar-refractivity contribution in [3.8, 4) is 0 Å². The smallest absolute Gasteiger partial charge is 0.255 e. The van der Waals surface area contributed by atoms with Gasteiger partial charge in [0.1, 0.15) is 0 Å². The van der Waals surface area contributed by atoms with Crippen LogP contribution in [0.2, 0.25) is 5.02 Å². The molecule has 0 saturated carbocycles. The summed E-state index contributed by atoms with van der Waals surface area (Å²) in [6, 6.07) is 13.6. The molecule has 0 aliphatic rings. The Morgan fingerprint density at radius 3 is 2.16 bits per heavy atom. The van der Waals surface area contributed by atoms with Gasteiger partial charge in [0, 0.05) is 17.7 Å². The number of halogens is 1. The number of carbonyl (C=O) groups is 2. The molecule has 6 heteroatoms. The fraction of sp³-hybridized carbons (Fsp3) is 0.263. The van der Waals surface area contributed by atoms with Gasteiger partial charge in [-0.1, -0.05) is 23.7 Å². The van der Waals surface area contributed by atoms with Crippen LogP contribution in [0, 0.1) is 0 Å². The van der Waals surface area contributed by atoms with Crippen molar-refractivity contribution >= 4 is 29.1 Å². The average Bonchev–Trinajstić information content (AvgIpc) is 2.60. The molecule has 0 bridgehead atoms. The fourth-order valence-electron chi connectivity index (χ4n) is 2.23. The van der Waals surface area contributed by atoms with Gasteiger partial charge in [0.2, 0.25) is 0 Å². The third-order valence-electron chi connectivity index (χ3n) is 3.60.